The molecule has 0 bridgehead atoms. The molecule has 2 aliphatic heterocycles. The van der Waals surface area contributed by atoms with Crippen molar-refractivity contribution in [3.8, 4) is 0 Å². The molecule has 0 aliphatic carbocycles. The molecular weight excluding hydrogens is 488 g/mol. The molecule has 0 radical (unpaired) electrons. The number of hydrogen-bond donors (Lipinski definition) is 0. The van der Waals surface area contributed by atoms with Gasteiger partial charge in [-0.25, -0.2) is 0 Å². The Balaban J connectivity index is 0.000000265. The molecule has 40 heavy (non-hydrogen) atoms. The Morgan fingerprint density at radius 3 is 1.95 bits per heavy atom. The fraction of sp³-hybridized carbons (Fsp3) is 0.667. The van der Waals surface area contributed by atoms with Gasteiger partial charge < -0.3 is 4.90 Å². The molecule has 0 saturated carbocycles. The van der Waals surface area contributed by atoms with Crippen LogP contribution in [-0.4, -0.2) is 84.0 Å². The lowest BCUT2D eigenvalue weighted by Crippen LogP contribution is -2.54. The van der Waals surface area contributed by atoms with E-state index in [9.17, 15) is 0 Å². The molecule has 4 heteroatoms. The molecule has 2 saturated heterocycles. The lowest BCUT2D eigenvalue weighted by Gasteiger charge is -2.44. The van der Waals surface area contributed by atoms with E-state index in [4.69, 9.17) is 0 Å². The Labute approximate surface area is 248 Å². The number of piperazine rings is 2. The summed E-state index contributed by atoms with van der Waals surface area (Å²) in [6, 6.07) is 20.7. The van der Waals surface area contributed by atoms with Gasteiger partial charge in [0.25, 0.3) is 0 Å². The maximum atomic E-state index is 2.64. The average molecular weight is 551 g/mol. The summed E-state index contributed by atoms with van der Waals surface area (Å²) in [5.41, 5.74) is 5.82. The third-order valence-electron chi connectivity index (χ3n) is 8.83. The predicted molar refractivity (Wildman–Crippen MR) is 176 cm³/mol. The van der Waals surface area contributed by atoms with Crippen molar-refractivity contribution in [3.63, 3.8) is 0 Å². The average Bonchev–Trinajstić information content (AvgIpc) is 2.96. The Bertz CT molecular complexity index is 971. The second kappa shape index (κ2) is 17.3. The zero-order valence-corrected chi connectivity index (χ0v) is 28.0. The van der Waals surface area contributed by atoms with Crippen molar-refractivity contribution in [3.05, 3.63) is 70.8 Å². The lowest BCUT2D eigenvalue weighted by molar-refractivity contribution is 0.0404. The van der Waals surface area contributed by atoms with Gasteiger partial charge in [0, 0.05) is 70.0 Å². The standard InChI is InChI=1S/C18H30N2.C16H26N2.C2H6/c1-6-17-8-7-9-18(12-17)16(5)19-10-11-20(14(2)3)15(4)13-19;1-13(2)16-7-5-6-15(10-16)12-18-9-8-17(4)14(3)11-18;1-2/h7-9,12,14-16H,6,10-11,13H2,1-5H3;5-7,10,13-14H,8-9,11-12H2,1-4H3;1-2H3. The number of benzene rings is 2. The highest BCUT2D eigenvalue weighted by Gasteiger charge is 2.28. The highest BCUT2D eigenvalue weighted by molar-refractivity contribution is 5.26. The lowest BCUT2D eigenvalue weighted by atomic mass is 10.0. The Hall–Kier alpha value is -1.72. The third-order valence-corrected chi connectivity index (χ3v) is 8.83. The molecule has 0 N–H and O–H groups in total. The Morgan fingerprint density at radius 1 is 0.750 bits per heavy atom. The maximum Gasteiger partial charge on any atom is 0.0321 e. The van der Waals surface area contributed by atoms with Gasteiger partial charge in [-0.3, -0.25) is 14.7 Å². The molecule has 0 amide bonds. The van der Waals surface area contributed by atoms with Crippen LogP contribution in [0.1, 0.15) is 103 Å². The van der Waals surface area contributed by atoms with Crippen LogP contribution in [0.5, 0.6) is 0 Å². The van der Waals surface area contributed by atoms with Gasteiger partial charge in [-0.1, -0.05) is 83.1 Å². The minimum atomic E-state index is 0.526. The van der Waals surface area contributed by atoms with Gasteiger partial charge in [0.05, 0.1) is 0 Å². The molecular formula is C36H62N4. The van der Waals surface area contributed by atoms with Crippen LogP contribution < -0.4 is 0 Å². The highest BCUT2D eigenvalue weighted by Crippen LogP contribution is 2.25. The number of rotatable bonds is 7. The number of aryl methyl sites for hydroxylation is 1. The summed E-state index contributed by atoms with van der Waals surface area (Å²) in [6.45, 7) is 30.6. The van der Waals surface area contributed by atoms with Gasteiger partial charge in [-0.2, -0.15) is 0 Å². The summed E-state index contributed by atoms with van der Waals surface area (Å²) in [6.07, 6.45) is 1.12. The first kappa shape index (κ1) is 34.5. The maximum absolute atomic E-state index is 2.64. The minimum Gasteiger partial charge on any atom is -0.301 e. The van der Waals surface area contributed by atoms with Crippen molar-refractivity contribution < 1.29 is 0 Å². The monoisotopic (exact) mass is 550 g/mol. The largest absolute Gasteiger partial charge is 0.301 e. The molecule has 3 atom stereocenters. The van der Waals surface area contributed by atoms with E-state index in [1.807, 2.05) is 13.8 Å². The first-order valence-electron chi connectivity index (χ1n) is 16.2. The first-order valence-corrected chi connectivity index (χ1v) is 16.2. The first-order chi connectivity index (χ1) is 19.1. The molecule has 0 aromatic heterocycles. The van der Waals surface area contributed by atoms with Gasteiger partial charge in [-0.05, 0) is 76.3 Å². The van der Waals surface area contributed by atoms with E-state index in [1.54, 1.807) is 0 Å². The van der Waals surface area contributed by atoms with Crippen molar-refractivity contribution >= 4 is 0 Å². The van der Waals surface area contributed by atoms with Gasteiger partial charge >= 0.3 is 0 Å². The van der Waals surface area contributed by atoms with E-state index in [1.165, 1.54) is 61.5 Å². The van der Waals surface area contributed by atoms with E-state index in [-0.39, 0.29) is 0 Å². The quantitative estimate of drug-likeness (QED) is 0.350. The van der Waals surface area contributed by atoms with Crippen molar-refractivity contribution in [2.75, 3.05) is 46.3 Å². The molecule has 226 valence electrons. The molecule has 2 fully saturated rings. The number of likely N-dealkylation sites (N-methyl/N-ethyl adjacent to an activating group) is 1. The smallest absolute Gasteiger partial charge is 0.0321 e. The van der Waals surface area contributed by atoms with Crippen LogP contribution in [0.25, 0.3) is 0 Å². The molecule has 2 aromatic carbocycles. The number of hydrogen-bond acceptors (Lipinski definition) is 4. The predicted octanol–water partition coefficient (Wildman–Crippen LogP) is 7.70. The second-order valence-corrected chi connectivity index (χ2v) is 12.4. The summed E-state index contributed by atoms with van der Waals surface area (Å²) in [4.78, 5) is 10.3. The molecule has 2 heterocycles. The number of nitrogens with zero attached hydrogens (tertiary/aromatic N) is 4. The summed E-state index contributed by atoms with van der Waals surface area (Å²) < 4.78 is 0. The zero-order valence-electron chi connectivity index (χ0n) is 28.0. The van der Waals surface area contributed by atoms with E-state index in [0.717, 1.165) is 13.0 Å². The minimum absolute atomic E-state index is 0.526. The SMILES string of the molecule is CC.CC(C)c1cccc(CN2CCN(C)C(C)C2)c1.CCc1cccc(C(C)N2CCN(C(C)C)C(C)C2)c1. The van der Waals surface area contributed by atoms with Crippen LogP contribution in [0.3, 0.4) is 0 Å². The molecule has 2 aromatic rings. The molecule has 4 rings (SSSR count). The zero-order chi connectivity index (χ0) is 29.8. The van der Waals surface area contributed by atoms with Gasteiger partial charge in [-0.15, -0.1) is 0 Å². The van der Waals surface area contributed by atoms with Crippen molar-refractivity contribution in [1.29, 1.82) is 0 Å². The molecule has 3 unspecified atom stereocenters. The van der Waals surface area contributed by atoms with Gasteiger partial charge in [0.2, 0.25) is 0 Å². The van der Waals surface area contributed by atoms with Crippen LogP contribution in [0.4, 0.5) is 0 Å². The van der Waals surface area contributed by atoms with Crippen LogP contribution >= 0.6 is 0 Å². The van der Waals surface area contributed by atoms with Crippen molar-refractivity contribution in [2.45, 2.75) is 112 Å². The topological polar surface area (TPSA) is 13.0 Å². The van der Waals surface area contributed by atoms with E-state index < -0.39 is 0 Å². The fourth-order valence-corrected chi connectivity index (χ4v) is 5.98. The van der Waals surface area contributed by atoms with Crippen LogP contribution in [-0.2, 0) is 13.0 Å². The summed E-state index contributed by atoms with van der Waals surface area (Å²) in [7, 11) is 2.22. The summed E-state index contributed by atoms with van der Waals surface area (Å²) in [5, 5.41) is 0. The van der Waals surface area contributed by atoms with E-state index in [0.29, 0.717) is 30.1 Å². The van der Waals surface area contributed by atoms with Crippen LogP contribution in [0.15, 0.2) is 48.5 Å². The van der Waals surface area contributed by atoms with Gasteiger partial charge in [0.15, 0.2) is 0 Å². The normalized spacial score (nSPS) is 21.9. The summed E-state index contributed by atoms with van der Waals surface area (Å²) >= 11 is 0. The Morgan fingerprint density at radius 2 is 1.38 bits per heavy atom. The third kappa shape index (κ3) is 10.3. The van der Waals surface area contributed by atoms with Gasteiger partial charge in [0.1, 0.15) is 0 Å². The van der Waals surface area contributed by atoms with Crippen molar-refractivity contribution in [1.82, 2.24) is 19.6 Å². The Kier molecular flexibility index (Phi) is 14.9. The molecule has 2 aliphatic rings. The molecule has 0 spiro atoms. The van der Waals surface area contributed by atoms with Crippen LogP contribution in [0.2, 0.25) is 0 Å². The molecule has 4 nitrogen and oxygen atoms in total. The summed E-state index contributed by atoms with van der Waals surface area (Å²) in [5.74, 6) is 0.622. The van der Waals surface area contributed by atoms with Crippen molar-refractivity contribution in [2.24, 2.45) is 0 Å². The van der Waals surface area contributed by atoms with Crippen LogP contribution in [0, 0.1) is 0 Å². The fourth-order valence-electron chi connectivity index (χ4n) is 5.98. The highest BCUT2D eigenvalue weighted by atomic mass is 15.3. The van der Waals surface area contributed by atoms with E-state index >= 15 is 0 Å². The van der Waals surface area contributed by atoms with E-state index in [2.05, 4.69) is 131 Å². The second-order valence-electron chi connectivity index (χ2n) is 12.4.